The number of sulfonamides is 1. The summed E-state index contributed by atoms with van der Waals surface area (Å²) < 4.78 is 27.8. The Balaban J connectivity index is 1.38. The van der Waals surface area contributed by atoms with Gasteiger partial charge in [-0.05, 0) is 69.9 Å². The first-order valence-corrected chi connectivity index (χ1v) is 14.1. The van der Waals surface area contributed by atoms with E-state index >= 15 is 0 Å². The Hall–Kier alpha value is -2.49. The van der Waals surface area contributed by atoms with Gasteiger partial charge in [-0.1, -0.05) is 12.1 Å². The van der Waals surface area contributed by atoms with Crippen LogP contribution in [-0.4, -0.2) is 52.3 Å². The van der Waals surface area contributed by atoms with E-state index < -0.39 is 15.6 Å². The standard InChI is InChI=1S/C25H30N4O3S2/c1-17-5-4-6-23(27-17)29-25(10-12-34(29,31)32)9-11-28(18(2)14-25)15-20-7-8-22(30)21(13-20)24-19(3)33-16-26-24/h4-8,13,16,18,30H,9-12,14-15H2,1-3H3/t18-,25-/m0/s1. The topological polar surface area (TPSA) is 86.6 Å². The SMILES string of the molecule is Cc1cccc(N2[C@@]3(CCN(Cc4ccc(O)c(-c5ncsc5C)c4)[C@@H](C)C3)CCS2(=O)=O)n1. The fourth-order valence-electron chi connectivity index (χ4n) is 5.50. The molecular weight excluding hydrogens is 468 g/mol. The highest BCUT2D eigenvalue weighted by molar-refractivity contribution is 7.93. The van der Waals surface area contributed by atoms with Gasteiger partial charge in [0.1, 0.15) is 11.6 Å². The number of hydrogen-bond donors (Lipinski definition) is 1. The Morgan fingerprint density at radius 1 is 1.21 bits per heavy atom. The molecule has 3 aromatic rings. The summed E-state index contributed by atoms with van der Waals surface area (Å²) in [6.07, 6.45) is 2.16. The number of pyridine rings is 1. The first kappa shape index (κ1) is 23.3. The fraction of sp³-hybridized carbons (Fsp3) is 0.440. The van der Waals surface area contributed by atoms with Crippen LogP contribution in [0.2, 0.25) is 0 Å². The van der Waals surface area contributed by atoms with Gasteiger partial charge >= 0.3 is 0 Å². The summed E-state index contributed by atoms with van der Waals surface area (Å²) in [5, 5.41) is 10.4. The van der Waals surface area contributed by atoms with Crippen LogP contribution in [0.5, 0.6) is 5.75 Å². The van der Waals surface area contributed by atoms with Crippen molar-refractivity contribution in [2.45, 2.75) is 58.2 Å². The molecule has 0 radical (unpaired) electrons. The molecule has 0 amide bonds. The van der Waals surface area contributed by atoms with Gasteiger partial charge in [0.15, 0.2) is 0 Å². The maximum Gasteiger partial charge on any atom is 0.236 e. The van der Waals surface area contributed by atoms with Crippen LogP contribution in [0, 0.1) is 13.8 Å². The summed E-state index contributed by atoms with van der Waals surface area (Å²) >= 11 is 1.57. The first-order chi connectivity index (χ1) is 16.2. The van der Waals surface area contributed by atoms with Gasteiger partial charge < -0.3 is 5.11 Å². The van der Waals surface area contributed by atoms with Gasteiger partial charge in [0, 0.05) is 35.3 Å². The molecule has 5 rings (SSSR count). The van der Waals surface area contributed by atoms with Crippen molar-refractivity contribution in [2.24, 2.45) is 0 Å². The van der Waals surface area contributed by atoms with Crippen LogP contribution in [0.1, 0.15) is 42.3 Å². The molecule has 0 unspecified atom stereocenters. The lowest BCUT2D eigenvalue weighted by Crippen LogP contribution is -2.56. The van der Waals surface area contributed by atoms with Gasteiger partial charge in [0.2, 0.25) is 10.0 Å². The Labute approximate surface area is 205 Å². The van der Waals surface area contributed by atoms with Gasteiger partial charge in [0.25, 0.3) is 0 Å². The van der Waals surface area contributed by atoms with Crippen LogP contribution < -0.4 is 4.31 Å². The zero-order valence-electron chi connectivity index (χ0n) is 19.7. The molecule has 2 aliphatic heterocycles. The number of phenolic OH excluding ortho intramolecular Hbond substituents is 1. The zero-order valence-corrected chi connectivity index (χ0v) is 21.4. The van der Waals surface area contributed by atoms with E-state index in [-0.39, 0.29) is 17.5 Å². The van der Waals surface area contributed by atoms with Crippen LogP contribution in [0.3, 0.4) is 0 Å². The Morgan fingerprint density at radius 3 is 2.74 bits per heavy atom. The lowest BCUT2D eigenvalue weighted by molar-refractivity contribution is 0.102. The maximum absolute atomic E-state index is 13.1. The molecule has 2 aromatic heterocycles. The number of likely N-dealkylation sites (tertiary alicyclic amines) is 1. The average molecular weight is 499 g/mol. The molecule has 34 heavy (non-hydrogen) atoms. The lowest BCUT2D eigenvalue weighted by atomic mass is 9.81. The Morgan fingerprint density at radius 2 is 2.03 bits per heavy atom. The molecule has 9 heteroatoms. The van der Waals surface area contributed by atoms with Crippen LogP contribution in [-0.2, 0) is 16.6 Å². The fourth-order valence-corrected chi connectivity index (χ4v) is 8.15. The van der Waals surface area contributed by atoms with E-state index in [0.717, 1.165) is 53.3 Å². The second-order valence-corrected chi connectivity index (χ2v) is 12.6. The summed E-state index contributed by atoms with van der Waals surface area (Å²) in [6.45, 7) is 7.62. The van der Waals surface area contributed by atoms with E-state index in [1.165, 1.54) is 0 Å². The number of hydrogen-bond acceptors (Lipinski definition) is 7. The summed E-state index contributed by atoms with van der Waals surface area (Å²) in [6, 6.07) is 11.5. The molecule has 7 nitrogen and oxygen atoms in total. The molecular formula is C25H30N4O3S2. The molecule has 2 fully saturated rings. The number of phenols is 1. The highest BCUT2D eigenvalue weighted by Crippen LogP contribution is 2.45. The van der Waals surface area contributed by atoms with Gasteiger partial charge in [-0.2, -0.15) is 0 Å². The van der Waals surface area contributed by atoms with Gasteiger partial charge in [0.05, 0.1) is 22.5 Å². The van der Waals surface area contributed by atoms with Gasteiger partial charge in [-0.15, -0.1) is 11.3 Å². The first-order valence-electron chi connectivity index (χ1n) is 11.6. The van der Waals surface area contributed by atoms with Crippen LogP contribution in [0.25, 0.3) is 11.3 Å². The van der Waals surface area contributed by atoms with E-state index in [9.17, 15) is 13.5 Å². The van der Waals surface area contributed by atoms with Crippen molar-refractivity contribution in [3.8, 4) is 17.0 Å². The molecule has 2 atom stereocenters. The molecule has 0 bridgehead atoms. The third kappa shape index (κ3) is 4.10. The number of aromatic nitrogens is 2. The summed E-state index contributed by atoms with van der Waals surface area (Å²) in [5.41, 5.74) is 4.89. The summed E-state index contributed by atoms with van der Waals surface area (Å²) in [5.74, 6) is 0.949. The largest absolute Gasteiger partial charge is 0.507 e. The average Bonchev–Trinajstić information content (AvgIpc) is 3.31. The van der Waals surface area contributed by atoms with Crippen molar-refractivity contribution >= 4 is 27.2 Å². The van der Waals surface area contributed by atoms with Crippen LogP contribution in [0.4, 0.5) is 5.82 Å². The monoisotopic (exact) mass is 498 g/mol. The summed E-state index contributed by atoms with van der Waals surface area (Å²) in [7, 11) is -3.39. The third-order valence-corrected chi connectivity index (χ3v) is 9.83. The van der Waals surface area contributed by atoms with E-state index in [1.54, 1.807) is 27.2 Å². The third-order valence-electron chi connectivity index (χ3n) is 7.23. The molecule has 1 N–H and O–H groups in total. The predicted molar refractivity (Wildman–Crippen MR) is 136 cm³/mol. The maximum atomic E-state index is 13.1. The van der Waals surface area contributed by atoms with Crippen molar-refractivity contribution in [1.82, 2.24) is 14.9 Å². The number of thiazole rings is 1. The smallest absolute Gasteiger partial charge is 0.236 e. The molecule has 1 spiro atoms. The van der Waals surface area contributed by atoms with Crippen LogP contribution in [0.15, 0.2) is 41.9 Å². The van der Waals surface area contributed by atoms with Gasteiger partial charge in [-0.25, -0.2) is 22.7 Å². The number of piperidine rings is 1. The number of anilines is 1. The number of aromatic hydroxyl groups is 1. The minimum absolute atomic E-state index is 0.170. The van der Waals surface area contributed by atoms with E-state index in [1.807, 2.05) is 44.2 Å². The second-order valence-electron chi connectivity index (χ2n) is 9.57. The van der Waals surface area contributed by atoms with Crippen molar-refractivity contribution in [2.75, 3.05) is 16.6 Å². The van der Waals surface area contributed by atoms with Crippen molar-refractivity contribution < 1.29 is 13.5 Å². The molecule has 0 saturated carbocycles. The van der Waals surface area contributed by atoms with Crippen molar-refractivity contribution in [3.05, 3.63) is 58.0 Å². The Kier molecular flexibility index (Phi) is 5.90. The molecule has 0 aliphatic carbocycles. The quantitative estimate of drug-likeness (QED) is 0.570. The van der Waals surface area contributed by atoms with E-state index in [4.69, 9.17) is 0 Å². The molecule has 2 aliphatic rings. The van der Waals surface area contributed by atoms with Crippen molar-refractivity contribution in [1.29, 1.82) is 0 Å². The number of rotatable bonds is 4. The zero-order chi connectivity index (χ0) is 24.1. The predicted octanol–water partition coefficient (Wildman–Crippen LogP) is 4.49. The molecule has 180 valence electrons. The van der Waals surface area contributed by atoms with Crippen molar-refractivity contribution in [3.63, 3.8) is 0 Å². The second kappa shape index (κ2) is 8.62. The normalized spacial score (nSPS) is 24.7. The number of benzene rings is 1. The van der Waals surface area contributed by atoms with Gasteiger partial charge in [-0.3, -0.25) is 4.90 Å². The summed E-state index contributed by atoms with van der Waals surface area (Å²) in [4.78, 5) is 12.5. The Bertz CT molecular complexity index is 1320. The lowest BCUT2D eigenvalue weighted by Gasteiger charge is -2.47. The minimum Gasteiger partial charge on any atom is -0.507 e. The molecule has 2 saturated heterocycles. The van der Waals surface area contributed by atoms with E-state index in [0.29, 0.717) is 12.2 Å². The minimum atomic E-state index is -3.39. The number of aryl methyl sites for hydroxylation is 2. The highest BCUT2D eigenvalue weighted by atomic mass is 32.2. The highest BCUT2D eigenvalue weighted by Gasteiger charge is 2.53. The molecule has 1 aromatic carbocycles. The molecule has 4 heterocycles. The van der Waals surface area contributed by atoms with E-state index in [2.05, 4.69) is 21.8 Å². The number of nitrogens with zero attached hydrogens (tertiary/aromatic N) is 4. The van der Waals surface area contributed by atoms with Crippen LogP contribution >= 0.6 is 11.3 Å².